The first-order valence-corrected chi connectivity index (χ1v) is 12.4. The van der Waals surface area contributed by atoms with Crippen molar-refractivity contribution in [2.24, 2.45) is 29.6 Å². The summed E-state index contributed by atoms with van der Waals surface area (Å²) < 4.78 is 7.11. The van der Waals surface area contributed by atoms with Crippen LogP contribution in [-0.2, 0) is 15.1 Å². The van der Waals surface area contributed by atoms with Crippen molar-refractivity contribution in [2.45, 2.75) is 52.6 Å². The molecular formula is C28H31BrO2. The molecule has 5 unspecified atom stereocenters. The molecule has 3 heteroatoms. The summed E-state index contributed by atoms with van der Waals surface area (Å²) in [5, 5.41) is 4.77. The highest BCUT2D eigenvalue weighted by Gasteiger charge is 2.49. The maximum absolute atomic E-state index is 13.0. The van der Waals surface area contributed by atoms with Gasteiger partial charge in [-0.05, 0) is 106 Å². The summed E-state index contributed by atoms with van der Waals surface area (Å²) in [6.07, 6.45) is 3.05. The van der Waals surface area contributed by atoms with Gasteiger partial charge in [-0.25, -0.2) is 0 Å². The van der Waals surface area contributed by atoms with Gasteiger partial charge in [-0.3, -0.25) is 4.79 Å². The topological polar surface area (TPSA) is 26.3 Å². The molecule has 2 aliphatic rings. The van der Waals surface area contributed by atoms with E-state index in [1.54, 1.807) is 0 Å². The van der Waals surface area contributed by atoms with Crippen LogP contribution in [0.15, 0.2) is 53.0 Å². The molecule has 0 aromatic heterocycles. The molecule has 3 aromatic carbocycles. The van der Waals surface area contributed by atoms with Gasteiger partial charge in [0.1, 0.15) is 5.60 Å². The molecule has 5 atom stereocenters. The van der Waals surface area contributed by atoms with Crippen molar-refractivity contribution in [3.63, 3.8) is 0 Å². The van der Waals surface area contributed by atoms with E-state index in [9.17, 15) is 4.79 Å². The summed E-state index contributed by atoms with van der Waals surface area (Å²) >= 11 is 3.83. The van der Waals surface area contributed by atoms with E-state index in [0.717, 1.165) is 33.2 Å². The third-order valence-corrected chi connectivity index (χ3v) is 9.16. The second kappa shape index (κ2) is 7.62. The van der Waals surface area contributed by atoms with Crippen LogP contribution in [0.1, 0.15) is 52.5 Å². The average Bonchev–Trinajstić information content (AvgIpc) is 3.25. The SMILES string of the molecule is CC1C2CC(CC(=O)OC(C)(C)c3ccc4cc5ccccc5cc4c3Br)C(C2)C1C. The lowest BCUT2D eigenvalue weighted by Gasteiger charge is -2.33. The van der Waals surface area contributed by atoms with Crippen LogP contribution in [-0.4, -0.2) is 5.97 Å². The van der Waals surface area contributed by atoms with Crippen molar-refractivity contribution in [2.75, 3.05) is 0 Å². The van der Waals surface area contributed by atoms with Crippen LogP contribution in [0.4, 0.5) is 0 Å². The average molecular weight is 479 g/mol. The molecule has 5 rings (SSSR count). The zero-order valence-electron chi connectivity index (χ0n) is 18.8. The number of carbonyl (C=O) groups is 1. The van der Waals surface area contributed by atoms with E-state index >= 15 is 0 Å². The zero-order chi connectivity index (χ0) is 21.9. The molecule has 2 fully saturated rings. The monoisotopic (exact) mass is 478 g/mol. The standard InChI is InChI=1S/C28H31BrO2/c1-16-17(2)23-14-21(16)12-22(23)15-26(30)31-28(3,4)25-10-9-20-11-18-7-5-6-8-19(18)13-24(20)27(25)29/h5-11,13,16-17,21-23H,12,14-15H2,1-4H3. The molecular weight excluding hydrogens is 448 g/mol. The van der Waals surface area contributed by atoms with Crippen molar-refractivity contribution >= 4 is 43.4 Å². The number of fused-ring (bicyclic) bond motifs is 4. The smallest absolute Gasteiger partial charge is 0.306 e. The predicted molar refractivity (Wildman–Crippen MR) is 131 cm³/mol. The summed E-state index contributed by atoms with van der Waals surface area (Å²) in [4.78, 5) is 13.0. The lowest BCUT2D eigenvalue weighted by atomic mass is 9.74. The van der Waals surface area contributed by atoms with Gasteiger partial charge in [0.15, 0.2) is 0 Å². The lowest BCUT2D eigenvalue weighted by Crippen LogP contribution is -2.30. The summed E-state index contributed by atoms with van der Waals surface area (Å²) in [6.45, 7) is 8.76. The fourth-order valence-electron chi connectivity index (χ4n) is 6.37. The van der Waals surface area contributed by atoms with Gasteiger partial charge in [0.2, 0.25) is 0 Å². The molecule has 31 heavy (non-hydrogen) atoms. The Labute approximate surface area is 193 Å². The van der Waals surface area contributed by atoms with Crippen LogP contribution < -0.4 is 0 Å². The number of hydrogen-bond donors (Lipinski definition) is 0. The summed E-state index contributed by atoms with van der Waals surface area (Å²) in [7, 11) is 0. The maximum Gasteiger partial charge on any atom is 0.306 e. The molecule has 0 N–H and O–H groups in total. The van der Waals surface area contributed by atoms with E-state index in [4.69, 9.17) is 4.74 Å². The van der Waals surface area contributed by atoms with Gasteiger partial charge in [-0.2, -0.15) is 0 Å². The molecule has 0 saturated heterocycles. The Morgan fingerprint density at radius 1 is 1.00 bits per heavy atom. The fourth-order valence-corrected chi connectivity index (χ4v) is 7.32. The van der Waals surface area contributed by atoms with Crippen LogP contribution in [0.3, 0.4) is 0 Å². The van der Waals surface area contributed by atoms with E-state index in [1.165, 1.54) is 29.0 Å². The van der Waals surface area contributed by atoms with E-state index in [-0.39, 0.29) is 5.97 Å². The molecule has 2 bridgehead atoms. The molecule has 2 nitrogen and oxygen atoms in total. The van der Waals surface area contributed by atoms with Crippen molar-refractivity contribution in [1.82, 2.24) is 0 Å². The Kier molecular flexibility index (Phi) is 5.16. The summed E-state index contributed by atoms with van der Waals surface area (Å²) in [5.74, 6) is 3.46. The molecule has 162 valence electrons. The second-order valence-corrected chi connectivity index (χ2v) is 11.2. The highest BCUT2D eigenvalue weighted by Crippen LogP contribution is 2.56. The number of halogens is 1. The number of benzene rings is 3. The van der Waals surface area contributed by atoms with Crippen LogP contribution in [0.5, 0.6) is 0 Å². The lowest BCUT2D eigenvalue weighted by molar-refractivity contribution is -0.159. The van der Waals surface area contributed by atoms with Gasteiger partial charge in [-0.15, -0.1) is 0 Å². The Morgan fingerprint density at radius 2 is 1.71 bits per heavy atom. The molecule has 0 heterocycles. The van der Waals surface area contributed by atoms with E-state index < -0.39 is 5.60 Å². The van der Waals surface area contributed by atoms with E-state index in [2.05, 4.69) is 78.3 Å². The number of ether oxygens (including phenoxy) is 1. The Morgan fingerprint density at radius 3 is 2.39 bits per heavy atom. The minimum Gasteiger partial charge on any atom is -0.455 e. The van der Waals surface area contributed by atoms with Gasteiger partial charge in [0, 0.05) is 16.5 Å². The van der Waals surface area contributed by atoms with Crippen molar-refractivity contribution < 1.29 is 9.53 Å². The number of hydrogen-bond acceptors (Lipinski definition) is 2. The largest absolute Gasteiger partial charge is 0.455 e. The zero-order valence-corrected chi connectivity index (χ0v) is 20.4. The number of esters is 1. The van der Waals surface area contributed by atoms with Crippen molar-refractivity contribution in [3.05, 3.63) is 58.6 Å². The molecule has 0 radical (unpaired) electrons. The number of carbonyl (C=O) groups excluding carboxylic acids is 1. The van der Waals surface area contributed by atoms with Crippen LogP contribution in [0.2, 0.25) is 0 Å². The normalized spacial score (nSPS) is 27.8. The summed E-state index contributed by atoms with van der Waals surface area (Å²) in [6, 6.07) is 17.1. The third kappa shape index (κ3) is 3.59. The maximum atomic E-state index is 13.0. The third-order valence-electron chi connectivity index (χ3n) is 8.30. The number of rotatable bonds is 4. The first kappa shape index (κ1) is 21.0. The van der Waals surface area contributed by atoms with Crippen LogP contribution >= 0.6 is 15.9 Å². The Bertz CT molecular complexity index is 1160. The molecule has 2 saturated carbocycles. The van der Waals surface area contributed by atoms with E-state index in [1.807, 2.05) is 13.8 Å². The Hall–Kier alpha value is -1.87. The fraction of sp³-hybridized carbons (Fsp3) is 0.464. The summed E-state index contributed by atoms with van der Waals surface area (Å²) in [5.41, 5.74) is 0.324. The van der Waals surface area contributed by atoms with Crippen molar-refractivity contribution in [1.29, 1.82) is 0 Å². The molecule has 3 aromatic rings. The molecule has 0 amide bonds. The van der Waals surface area contributed by atoms with Crippen molar-refractivity contribution in [3.8, 4) is 0 Å². The predicted octanol–water partition coefficient (Wildman–Crippen LogP) is 7.85. The van der Waals surface area contributed by atoms with Gasteiger partial charge < -0.3 is 4.74 Å². The minimum atomic E-state index is -0.688. The molecule has 0 aliphatic heterocycles. The Balaban J connectivity index is 1.38. The van der Waals surface area contributed by atoms with E-state index in [0.29, 0.717) is 18.3 Å². The highest BCUT2D eigenvalue weighted by molar-refractivity contribution is 9.10. The van der Waals surface area contributed by atoms with Gasteiger partial charge in [0.25, 0.3) is 0 Å². The van der Waals surface area contributed by atoms with Gasteiger partial charge >= 0.3 is 5.97 Å². The molecule has 2 aliphatic carbocycles. The van der Waals surface area contributed by atoms with Crippen LogP contribution in [0.25, 0.3) is 21.5 Å². The van der Waals surface area contributed by atoms with Gasteiger partial charge in [0.05, 0.1) is 0 Å². The van der Waals surface area contributed by atoms with Crippen LogP contribution in [0, 0.1) is 29.6 Å². The quantitative estimate of drug-likeness (QED) is 0.281. The van der Waals surface area contributed by atoms with Gasteiger partial charge in [-0.1, -0.05) is 50.2 Å². The highest BCUT2D eigenvalue weighted by atomic mass is 79.9. The first-order chi connectivity index (χ1) is 14.7. The first-order valence-electron chi connectivity index (χ1n) is 11.6. The minimum absolute atomic E-state index is 0.0621. The second-order valence-electron chi connectivity index (χ2n) is 10.4. The molecule has 0 spiro atoms.